The number of halogens is 1. The maximum atomic E-state index is 13.0. The summed E-state index contributed by atoms with van der Waals surface area (Å²) >= 11 is 6.45. The molecule has 1 amide bonds. The van der Waals surface area contributed by atoms with E-state index in [4.69, 9.17) is 21.3 Å². The van der Waals surface area contributed by atoms with E-state index in [1.807, 2.05) is 43.9 Å². The monoisotopic (exact) mass is 471 g/mol. The molecule has 0 radical (unpaired) electrons. The maximum Gasteiger partial charge on any atom is 0.329 e. The van der Waals surface area contributed by atoms with Gasteiger partial charge in [-0.05, 0) is 76.6 Å². The first-order valence-electron chi connectivity index (χ1n) is 12.1. The number of anilines is 1. The molecule has 1 aliphatic carbocycles. The number of rotatable bonds is 5. The molecule has 178 valence electrons. The number of carbonyl (C=O) groups excluding carboxylic acids is 2. The highest BCUT2D eigenvalue weighted by Crippen LogP contribution is 2.31. The fourth-order valence-electron chi connectivity index (χ4n) is 4.93. The summed E-state index contributed by atoms with van der Waals surface area (Å²) in [6.07, 6.45) is 7.75. The van der Waals surface area contributed by atoms with Crippen molar-refractivity contribution < 1.29 is 14.3 Å². The second-order valence-corrected chi connectivity index (χ2v) is 10.7. The summed E-state index contributed by atoms with van der Waals surface area (Å²) in [5.74, 6) is 0.882. The number of esters is 1. The number of ether oxygens (including phenoxy) is 1. The van der Waals surface area contributed by atoms with E-state index >= 15 is 0 Å². The van der Waals surface area contributed by atoms with Crippen molar-refractivity contribution in [2.75, 3.05) is 18.0 Å². The zero-order valence-electron chi connectivity index (χ0n) is 19.8. The number of aromatic nitrogens is 1. The minimum absolute atomic E-state index is 0.154. The molecular formula is C26H34ClN3O3. The lowest BCUT2D eigenvalue weighted by molar-refractivity contribution is -0.156. The molecule has 33 heavy (non-hydrogen) atoms. The fraction of sp³-hybridized carbons (Fsp3) is 0.577. The van der Waals surface area contributed by atoms with Gasteiger partial charge in [-0.25, -0.2) is 9.78 Å². The van der Waals surface area contributed by atoms with Gasteiger partial charge < -0.3 is 15.0 Å². The van der Waals surface area contributed by atoms with Crippen LogP contribution in [0.25, 0.3) is 10.9 Å². The highest BCUT2D eigenvalue weighted by Gasteiger charge is 2.35. The molecule has 7 heteroatoms. The summed E-state index contributed by atoms with van der Waals surface area (Å²) < 4.78 is 5.63. The van der Waals surface area contributed by atoms with E-state index in [0.29, 0.717) is 34.4 Å². The van der Waals surface area contributed by atoms with Crippen LogP contribution in [0, 0.1) is 5.92 Å². The van der Waals surface area contributed by atoms with Crippen LogP contribution < -0.4 is 10.2 Å². The molecule has 1 aromatic carbocycles. The van der Waals surface area contributed by atoms with Crippen LogP contribution in [0.1, 0.15) is 76.1 Å². The van der Waals surface area contributed by atoms with E-state index < -0.39 is 5.60 Å². The van der Waals surface area contributed by atoms with Gasteiger partial charge in [-0.3, -0.25) is 4.79 Å². The second-order valence-electron chi connectivity index (χ2n) is 10.3. The van der Waals surface area contributed by atoms with Gasteiger partial charge in [-0.15, -0.1) is 0 Å². The SMILES string of the molecule is CC(C)(C)OC(=O)[C@H]1CCCN1c1ccc2c(C(=O)NCC3CCCCC3)c(Cl)ccc2n1. The zero-order chi connectivity index (χ0) is 23.6. The van der Waals surface area contributed by atoms with Crippen molar-refractivity contribution in [1.82, 2.24) is 10.3 Å². The van der Waals surface area contributed by atoms with Gasteiger partial charge >= 0.3 is 5.97 Å². The first-order valence-corrected chi connectivity index (χ1v) is 12.5. The van der Waals surface area contributed by atoms with Crippen molar-refractivity contribution in [2.45, 2.75) is 77.4 Å². The summed E-state index contributed by atoms with van der Waals surface area (Å²) in [5.41, 5.74) is 0.627. The van der Waals surface area contributed by atoms with Crippen molar-refractivity contribution in [2.24, 2.45) is 5.92 Å². The maximum absolute atomic E-state index is 13.0. The number of hydrogen-bond acceptors (Lipinski definition) is 5. The van der Waals surface area contributed by atoms with Gasteiger partial charge in [0, 0.05) is 18.5 Å². The van der Waals surface area contributed by atoms with Gasteiger partial charge in [0.2, 0.25) is 0 Å². The van der Waals surface area contributed by atoms with Crippen LogP contribution in [0.15, 0.2) is 24.3 Å². The molecule has 1 atom stereocenters. The third-order valence-electron chi connectivity index (χ3n) is 6.53. The van der Waals surface area contributed by atoms with Gasteiger partial charge in [0.05, 0.1) is 16.1 Å². The number of amides is 1. The smallest absolute Gasteiger partial charge is 0.329 e. The van der Waals surface area contributed by atoms with E-state index in [1.54, 1.807) is 6.07 Å². The molecule has 1 N–H and O–H groups in total. The van der Waals surface area contributed by atoms with Gasteiger partial charge in [0.25, 0.3) is 5.91 Å². The van der Waals surface area contributed by atoms with Crippen molar-refractivity contribution >= 4 is 40.2 Å². The summed E-state index contributed by atoms with van der Waals surface area (Å²) in [7, 11) is 0. The Kier molecular flexibility index (Phi) is 7.13. The Balaban J connectivity index is 1.55. The Hall–Kier alpha value is -2.34. The summed E-state index contributed by atoms with van der Waals surface area (Å²) in [4.78, 5) is 32.6. The van der Waals surface area contributed by atoms with Crippen LogP contribution in [0.3, 0.4) is 0 Å². The predicted molar refractivity (Wildman–Crippen MR) is 132 cm³/mol. The van der Waals surface area contributed by atoms with Crippen molar-refractivity contribution in [1.29, 1.82) is 0 Å². The largest absolute Gasteiger partial charge is 0.458 e. The average Bonchev–Trinajstić information content (AvgIpc) is 3.27. The molecule has 2 heterocycles. The number of benzene rings is 1. The molecule has 6 nitrogen and oxygen atoms in total. The Morgan fingerprint density at radius 1 is 1.09 bits per heavy atom. The molecule has 2 fully saturated rings. The van der Waals surface area contributed by atoms with E-state index in [2.05, 4.69) is 5.32 Å². The molecule has 1 saturated heterocycles. The molecule has 0 bridgehead atoms. The van der Waals surface area contributed by atoms with Gasteiger partial charge in [0.1, 0.15) is 17.5 Å². The Morgan fingerprint density at radius 2 is 1.85 bits per heavy atom. The Labute approximate surface area is 201 Å². The van der Waals surface area contributed by atoms with Gasteiger partial charge in [0.15, 0.2) is 0 Å². The minimum Gasteiger partial charge on any atom is -0.458 e. The highest BCUT2D eigenvalue weighted by atomic mass is 35.5. The molecular weight excluding hydrogens is 438 g/mol. The predicted octanol–water partition coefficient (Wildman–Crippen LogP) is 5.51. The highest BCUT2D eigenvalue weighted by molar-refractivity contribution is 6.35. The van der Waals surface area contributed by atoms with E-state index in [9.17, 15) is 9.59 Å². The van der Waals surface area contributed by atoms with Crippen molar-refractivity contribution in [3.63, 3.8) is 0 Å². The molecule has 2 aromatic rings. The number of hydrogen-bond donors (Lipinski definition) is 1. The molecule has 0 unspecified atom stereocenters. The third kappa shape index (κ3) is 5.60. The Bertz CT molecular complexity index is 1030. The first kappa shape index (κ1) is 23.8. The number of nitrogens with zero attached hydrogens (tertiary/aromatic N) is 2. The first-order chi connectivity index (χ1) is 15.7. The van der Waals surface area contributed by atoms with E-state index in [1.165, 1.54) is 32.1 Å². The van der Waals surface area contributed by atoms with Crippen LogP contribution in [0.2, 0.25) is 5.02 Å². The normalized spacial score (nSPS) is 19.6. The van der Waals surface area contributed by atoms with Gasteiger partial charge in [-0.1, -0.05) is 30.9 Å². The fourth-order valence-corrected chi connectivity index (χ4v) is 5.18. The molecule has 0 spiro atoms. The summed E-state index contributed by atoms with van der Waals surface area (Å²) in [6.45, 7) is 7.06. The second kappa shape index (κ2) is 9.88. The van der Waals surface area contributed by atoms with Crippen molar-refractivity contribution in [3.8, 4) is 0 Å². The molecule has 1 aliphatic heterocycles. The molecule has 1 saturated carbocycles. The lowest BCUT2D eigenvalue weighted by Crippen LogP contribution is -2.41. The van der Waals surface area contributed by atoms with Crippen LogP contribution in [0.5, 0.6) is 0 Å². The molecule has 2 aliphatic rings. The molecule has 1 aromatic heterocycles. The number of pyridine rings is 1. The number of nitrogens with one attached hydrogen (secondary N) is 1. The Morgan fingerprint density at radius 3 is 2.58 bits per heavy atom. The quantitative estimate of drug-likeness (QED) is 0.582. The summed E-state index contributed by atoms with van der Waals surface area (Å²) in [6, 6.07) is 6.98. The standard InChI is InChI=1S/C26H34ClN3O3/c1-26(2,3)33-25(32)21-10-7-15-30(21)22-14-11-18-20(29-22)13-12-19(27)23(18)24(31)28-16-17-8-5-4-6-9-17/h11-14,17,21H,4-10,15-16H2,1-3H3,(H,28,31)/t21-/m1/s1. The lowest BCUT2D eigenvalue weighted by Gasteiger charge is -2.28. The third-order valence-corrected chi connectivity index (χ3v) is 6.85. The van der Waals surface area contributed by atoms with E-state index in [-0.39, 0.29) is 17.9 Å². The average molecular weight is 472 g/mol. The van der Waals surface area contributed by atoms with Crippen LogP contribution in [-0.2, 0) is 9.53 Å². The lowest BCUT2D eigenvalue weighted by atomic mass is 9.89. The number of carbonyl (C=O) groups is 2. The van der Waals surface area contributed by atoms with Crippen LogP contribution >= 0.6 is 11.6 Å². The minimum atomic E-state index is -0.529. The van der Waals surface area contributed by atoms with Gasteiger partial charge in [-0.2, -0.15) is 0 Å². The van der Waals surface area contributed by atoms with Crippen LogP contribution in [-0.4, -0.2) is 41.6 Å². The molecule has 4 rings (SSSR count). The van der Waals surface area contributed by atoms with Crippen LogP contribution in [0.4, 0.5) is 5.82 Å². The van der Waals surface area contributed by atoms with Crippen molar-refractivity contribution in [3.05, 3.63) is 34.9 Å². The summed E-state index contributed by atoms with van der Waals surface area (Å²) in [5, 5.41) is 4.24. The topological polar surface area (TPSA) is 71.5 Å². The number of fused-ring (bicyclic) bond motifs is 1. The zero-order valence-corrected chi connectivity index (χ0v) is 20.6. The van der Waals surface area contributed by atoms with E-state index in [0.717, 1.165) is 24.8 Å².